The Bertz CT molecular complexity index is 606. The van der Waals surface area contributed by atoms with Crippen LogP contribution in [0.2, 0.25) is 5.02 Å². The zero-order chi connectivity index (χ0) is 13.1. The van der Waals surface area contributed by atoms with Gasteiger partial charge in [-0.15, -0.1) is 0 Å². The number of carboxylic acid groups (broad SMARTS) is 1. The van der Waals surface area contributed by atoms with E-state index in [2.05, 4.69) is 20.9 Å². The van der Waals surface area contributed by atoms with E-state index in [0.29, 0.717) is 14.9 Å². The number of hydrogen-bond donors (Lipinski definition) is 1. The van der Waals surface area contributed by atoms with Crippen LogP contribution in [-0.4, -0.2) is 16.1 Å². The van der Waals surface area contributed by atoms with Crippen molar-refractivity contribution in [2.75, 3.05) is 0 Å². The summed E-state index contributed by atoms with van der Waals surface area (Å²) in [5, 5.41) is 10.2. The highest BCUT2D eigenvalue weighted by atomic mass is 79.9. The molecule has 1 aromatic heterocycles. The summed E-state index contributed by atoms with van der Waals surface area (Å²) in [6.45, 7) is 0. The number of halogens is 2. The Balaban J connectivity index is 2.42. The second-order valence-electron chi connectivity index (χ2n) is 3.34. The van der Waals surface area contributed by atoms with Gasteiger partial charge in [-0.3, -0.25) is 0 Å². The third-order valence-electron chi connectivity index (χ3n) is 2.11. The minimum absolute atomic E-state index is 0.227. The molecule has 0 spiro atoms. The van der Waals surface area contributed by atoms with Crippen LogP contribution in [0.3, 0.4) is 0 Å². The number of nitrogens with zero attached hydrogens (tertiary/aromatic N) is 1. The van der Waals surface area contributed by atoms with E-state index in [-0.39, 0.29) is 5.56 Å². The molecular weight excluding hydrogens is 338 g/mol. The normalized spacial score (nSPS) is 10.3. The van der Waals surface area contributed by atoms with Crippen LogP contribution < -0.4 is 0 Å². The Morgan fingerprint density at radius 3 is 2.83 bits per heavy atom. The topological polar surface area (TPSA) is 50.2 Å². The number of rotatable bonds is 3. The molecule has 0 saturated heterocycles. The molecule has 2 rings (SSSR count). The number of carboxylic acids is 1. The van der Waals surface area contributed by atoms with Gasteiger partial charge in [0.1, 0.15) is 5.03 Å². The first-order chi connectivity index (χ1) is 8.58. The quantitative estimate of drug-likeness (QED) is 0.899. The largest absolute Gasteiger partial charge is 0.478 e. The summed E-state index contributed by atoms with van der Waals surface area (Å²) in [6, 6.07) is 8.42. The number of hydrogen-bond acceptors (Lipinski definition) is 3. The Morgan fingerprint density at radius 1 is 1.39 bits per heavy atom. The fraction of sp³-hybridized carbons (Fsp3) is 0. The lowest BCUT2D eigenvalue weighted by Gasteiger charge is -2.06. The number of aromatic nitrogens is 1. The van der Waals surface area contributed by atoms with Gasteiger partial charge in [-0.2, -0.15) is 0 Å². The second-order valence-corrected chi connectivity index (χ2v) is 5.69. The first-order valence-electron chi connectivity index (χ1n) is 4.89. The summed E-state index contributed by atoms with van der Waals surface area (Å²) < 4.78 is 0.807. The van der Waals surface area contributed by atoms with Gasteiger partial charge in [0.2, 0.25) is 0 Å². The number of carbonyl (C=O) groups is 1. The summed E-state index contributed by atoms with van der Waals surface area (Å²) >= 11 is 10.6. The summed E-state index contributed by atoms with van der Waals surface area (Å²) in [5.41, 5.74) is 0.227. The van der Waals surface area contributed by atoms with Crippen molar-refractivity contribution in [3.8, 4) is 0 Å². The highest BCUT2D eigenvalue weighted by Gasteiger charge is 2.13. The molecule has 0 fully saturated rings. The Kier molecular flexibility index (Phi) is 4.27. The Morgan fingerprint density at radius 2 is 2.17 bits per heavy atom. The van der Waals surface area contributed by atoms with E-state index in [9.17, 15) is 4.79 Å². The lowest BCUT2D eigenvalue weighted by Crippen LogP contribution is -1.98. The molecule has 0 bridgehead atoms. The van der Waals surface area contributed by atoms with Crippen molar-refractivity contribution in [2.24, 2.45) is 0 Å². The molecule has 0 atom stereocenters. The maximum absolute atomic E-state index is 11.1. The van der Waals surface area contributed by atoms with Gasteiger partial charge in [-0.05, 0) is 30.3 Å². The average Bonchev–Trinajstić information content (AvgIpc) is 2.32. The standard InChI is InChI=1S/C12H7BrClNO2S/c13-7-3-4-8(12(16)17)10(6-7)18-11-9(14)2-1-5-15-11/h1-6H,(H,16,17). The van der Waals surface area contributed by atoms with Gasteiger partial charge >= 0.3 is 5.97 Å². The van der Waals surface area contributed by atoms with Crippen molar-refractivity contribution in [2.45, 2.75) is 9.92 Å². The zero-order valence-corrected chi connectivity index (χ0v) is 12.1. The number of pyridine rings is 1. The summed E-state index contributed by atoms with van der Waals surface area (Å²) in [7, 11) is 0. The van der Waals surface area contributed by atoms with Gasteiger partial charge in [0.25, 0.3) is 0 Å². The highest BCUT2D eigenvalue weighted by Crippen LogP contribution is 2.34. The van der Waals surface area contributed by atoms with Crippen molar-refractivity contribution in [3.05, 3.63) is 51.6 Å². The lowest BCUT2D eigenvalue weighted by atomic mass is 10.2. The Hall–Kier alpha value is -1.04. The molecule has 1 heterocycles. The molecule has 0 amide bonds. The van der Waals surface area contributed by atoms with E-state index in [4.69, 9.17) is 16.7 Å². The van der Waals surface area contributed by atoms with Gasteiger partial charge in [0.05, 0.1) is 10.6 Å². The van der Waals surface area contributed by atoms with Crippen LogP contribution in [0.25, 0.3) is 0 Å². The van der Waals surface area contributed by atoms with E-state index in [0.717, 1.165) is 4.47 Å². The van der Waals surface area contributed by atoms with E-state index in [1.165, 1.54) is 11.8 Å². The van der Waals surface area contributed by atoms with Crippen molar-refractivity contribution < 1.29 is 9.90 Å². The van der Waals surface area contributed by atoms with Crippen LogP contribution in [0, 0.1) is 0 Å². The van der Waals surface area contributed by atoms with E-state index < -0.39 is 5.97 Å². The second kappa shape index (κ2) is 5.73. The van der Waals surface area contributed by atoms with E-state index in [1.54, 1.807) is 36.5 Å². The van der Waals surface area contributed by atoms with Crippen LogP contribution >= 0.6 is 39.3 Å². The fourth-order valence-corrected chi connectivity index (χ4v) is 3.00. The van der Waals surface area contributed by atoms with Gasteiger partial charge in [-0.25, -0.2) is 9.78 Å². The molecule has 0 radical (unpaired) electrons. The fourth-order valence-electron chi connectivity index (χ4n) is 1.31. The predicted molar refractivity (Wildman–Crippen MR) is 74.5 cm³/mol. The number of benzene rings is 1. The first-order valence-corrected chi connectivity index (χ1v) is 6.88. The molecule has 0 aliphatic carbocycles. The van der Waals surface area contributed by atoms with Crippen LogP contribution in [0.1, 0.15) is 10.4 Å². The summed E-state index contributed by atoms with van der Waals surface area (Å²) in [4.78, 5) is 15.8. The summed E-state index contributed by atoms with van der Waals surface area (Å²) in [6.07, 6.45) is 1.62. The van der Waals surface area contributed by atoms with Crippen molar-refractivity contribution >= 4 is 45.3 Å². The SMILES string of the molecule is O=C(O)c1ccc(Br)cc1Sc1ncccc1Cl. The highest BCUT2D eigenvalue weighted by molar-refractivity contribution is 9.10. The number of aromatic carboxylic acids is 1. The summed E-state index contributed by atoms with van der Waals surface area (Å²) in [5.74, 6) is -0.975. The van der Waals surface area contributed by atoms with Gasteiger partial charge in [0.15, 0.2) is 0 Å². The maximum Gasteiger partial charge on any atom is 0.336 e. The third-order valence-corrected chi connectivity index (χ3v) is 4.09. The molecule has 0 saturated carbocycles. The molecule has 0 aliphatic rings. The van der Waals surface area contributed by atoms with Gasteiger partial charge in [-0.1, -0.05) is 39.3 Å². The molecular formula is C12H7BrClNO2S. The molecule has 1 aromatic carbocycles. The molecule has 0 aliphatic heterocycles. The molecule has 6 heteroatoms. The van der Waals surface area contributed by atoms with Crippen LogP contribution in [0.4, 0.5) is 0 Å². The van der Waals surface area contributed by atoms with Gasteiger partial charge in [0, 0.05) is 15.6 Å². The smallest absolute Gasteiger partial charge is 0.336 e. The first kappa shape index (κ1) is 13.4. The minimum atomic E-state index is -0.975. The van der Waals surface area contributed by atoms with E-state index in [1.807, 2.05) is 0 Å². The molecule has 92 valence electrons. The van der Waals surface area contributed by atoms with Crippen LogP contribution in [0.15, 0.2) is 50.9 Å². The molecule has 1 N–H and O–H groups in total. The monoisotopic (exact) mass is 343 g/mol. The van der Waals surface area contributed by atoms with Crippen LogP contribution in [0.5, 0.6) is 0 Å². The van der Waals surface area contributed by atoms with Crippen molar-refractivity contribution in [1.82, 2.24) is 4.98 Å². The predicted octanol–water partition coefficient (Wildman–Crippen LogP) is 4.35. The molecule has 0 unspecified atom stereocenters. The maximum atomic E-state index is 11.1. The Labute approximate surface area is 121 Å². The third kappa shape index (κ3) is 3.04. The van der Waals surface area contributed by atoms with Crippen molar-refractivity contribution in [1.29, 1.82) is 0 Å². The molecule has 18 heavy (non-hydrogen) atoms. The minimum Gasteiger partial charge on any atom is -0.478 e. The van der Waals surface area contributed by atoms with Crippen molar-refractivity contribution in [3.63, 3.8) is 0 Å². The molecule has 3 nitrogen and oxygen atoms in total. The lowest BCUT2D eigenvalue weighted by molar-refractivity contribution is 0.0693. The zero-order valence-electron chi connectivity index (χ0n) is 8.93. The van der Waals surface area contributed by atoms with Crippen LogP contribution in [-0.2, 0) is 0 Å². The van der Waals surface area contributed by atoms with E-state index >= 15 is 0 Å². The average molecular weight is 345 g/mol. The molecule has 2 aromatic rings. The van der Waals surface area contributed by atoms with Gasteiger partial charge < -0.3 is 5.11 Å².